The van der Waals surface area contributed by atoms with Crippen LogP contribution in [0.5, 0.6) is 5.75 Å². The average Bonchev–Trinajstić information content (AvgIpc) is 3.27. The van der Waals surface area contributed by atoms with Crippen LogP contribution in [0.2, 0.25) is 0 Å². The highest BCUT2D eigenvalue weighted by Crippen LogP contribution is 2.26. The predicted molar refractivity (Wildman–Crippen MR) is 125 cm³/mol. The third kappa shape index (κ3) is 5.56. The Morgan fingerprint density at radius 1 is 1.06 bits per heavy atom. The number of sulfonamides is 1. The van der Waals surface area contributed by atoms with Crippen molar-refractivity contribution in [1.29, 1.82) is 0 Å². The lowest BCUT2D eigenvalue weighted by atomic mass is 10.1. The molecule has 0 unspecified atom stereocenters. The van der Waals surface area contributed by atoms with Crippen molar-refractivity contribution in [3.05, 3.63) is 82.3 Å². The van der Waals surface area contributed by atoms with Crippen LogP contribution in [0, 0.1) is 5.82 Å². The molecule has 1 saturated heterocycles. The quantitative estimate of drug-likeness (QED) is 0.473. The molecule has 8 heteroatoms. The highest BCUT2D eigenvalue weighted by Gasteiger charge is 2.31. The fraction of sp³-hybridized carbons (Fsp3) is 0.333. The largest absolute Gasteiger partial charge is 0.490 e. The lowest BCUT2D eigenvalue weighted by Gasteiger charge is -2.31. The molecule has 0 atom stereocenters. The maximum Gasteiger partial charge on any atom is 0.245 e. The van der Waals surface area contributed by atoms with Gasteiger partial charge in [0.05, 0.1) is 0 Å². The summed E-state index contributed by atoms with van der Waals surface area (Å²) in [4.78, 5) is 1.99. The van der Waals surface area contributed by atoms with Crippen molar-refractivity contribution in [2.45, 2.75) is 36.9 Å². The Morgan fingerprint density at radius 2 is 1.81 bits per heavy atom. The summed E-state index contributed by atoms with van der Waals surface area (Å²) < 4.78 is 47.1. The number of thiophene rings is 1. The Balaban J connectivity index is 1.32. The van der Waals surface area contributed by atoms with Crippen LogP contribution in [0.25, 0.3) is 0 Å². The molecule has 0 bridgehead atoms. The highest BCUT2D eigenvalue weighted by atomic mass is 32.2. The van der Waals surface area contributed by atoms with E-state index in [1.54, 1.807) is 11.3 Å². The second kappa shape index (κ2) is 10.1. The van der Waals surface area contributed by atoms with Gasteiger partial charge in [-0.2, -0.15) is 15.6 Å². The van der Waals surface area contributed by atoms with Crippen LogP contribution in [-0.4, -0.2) is 43.9 Å². The molecule has 0 aliphatic carbocycles. The zero-order chi connectivity index (χ0) is 22.6. The van der Waals surface area contributed by atoms with E-state index in [1.807, 2.05) is 18.2 Å². The first-order chi connectivity index (χ1) is 15.4. The van der Waals surface area contributed by atoms with E-state index in [4.69, 9.17) is 4.74 Å². The standard InChI is InChI=1S/C24H27FN2O3S2/c1-26(17-20-11-14-31-18-20)16-19-5-4-6-22(15-19)30-21-9-12-27(13-10-21)32(28,29)24-8-3-2-7-23(24)25/h2-8,11,14-15,18,21H,9-10,12-13,16-17H2,1H3. The molecule has 3 aromatic rings. The molecule has 0 N–H and O–H groups in total. The summed E-state index contributed by atoms with van der Waals surface area (Å²) >= 11 is 1.70. The molecule has 1 aromatic heterocycles. The molecule has 1 aliphatic rings. The summed E-state index contributed by atoms with van der Waals surface area (Å²) in [5, 5.41) is 4.25. The Bertz CT molecular complexity index is 1130. The van der Waals surface area contributed by atoms with Crippen LogP contribution in [-0.2, 0) is 23.1 Å². The third-order valence-electron chi connectivity index (χ3n) is 5.54. The number of rotatable bonds is 8. The van der Waals surface area contributed by atoms with Gasteiger partial charge in [0, 0.05) is 26.2 Å². The molecule has 0 amide bonds. The summed E-state index contributed by atoms with van der Waals surface area (Å²) in [5.41, 5.74) is 2.47. The van der Waals surface area contributed by atoms with E-state index in [0.29, 0.717) is 25.9 Å². The minimum Gasteiger partial charge on any atom is -0.490 e. The summed E-state index contributed by atoms with van der Waals surface area (Å²) in [5.74, 6) is 0.0773. The minimum atomic E-state index is -3.83. The van der Waals surface area contributed by atoms with Crippen molar-refractivity contribution in [2.24, 2.45) is 0 Å². The van der Waals surface area contributed by atoms with Gasteiger partial charge in [-0.05, 0) is 72.1 Å². The van der Waals surface area contributed by atoms with E-state index in [0.717, 1.165) is 18.8 Å². The maximum absolute atomic E-state index is 14.0. The Morgan fingerprint density at radius 3 is 2.53 bits per heavy atom. The number of benzene rings is 2. The number of hydrogen-bond donors (Lipinski definition) is 0. The molecule has 0 saturated carbocycles. The van der Waals surface area contributed by atoms with Gasteiger partial charge in [-0.15, -0.1) is 0 Å². The minimum absolute atomic E-state index is 0.0687. The van der Waals surface area contributed by atoms with E-state index in [1.165, 1.54) is 39.7 Å². The molecular formula is C24H27FN2O3S2. The van der Waals surface area contributed by atoms with Crippen molar-refractivity contribution in [3.8, 4) is 5.75 Å². The topological polar surface area (TPSA) is 49.9 Å². The SMILES string of the molecule is CN(Cc1ccsc1)Cc1cccc(OC2CCN(S(=O)(=O)c3ccccc3F)CC2)c1. The van der Waals surface area contributed by atoms with Crippen molar-refractivity contribution < 1.29 is 17.5 Å². The Hall–Kier alpha value is -2.26. The molecule has 1 fully saturated rings. The van der Waals surface area contributed by atoms with Gasteiger partial charge in [0.15, 0.2) is 0 Å². The first-order valence-corrected chi connectivity index (χ1v) is 13.0. The molecule has 4 rings (SSSR count). The van der Waals surface area contributed by atoms with Gasteiger partial charge >= 0.3 is 0 Å². The first kappa shape index (κ1) is 22.9. The van der Waals surface area contributed by atoms with Crippen molar-refractivity contribution in [2.75, 3.05) is 20.1 Å². The van der Waals surface area contributed by atoms with Gasteiger partial charge in [0.25, 0.3) is 0 Å². The number of piperidine rings is 1. The molecule has 2 aromatic carbocycles. The van der Waals surface area contributed by atoms with E-state index < -0.39 is 15.8 Å². The van der Waals surface area contributed by atoms with Crippen molar-refractivity contribution in [1.82, 2.24) is 9.21 Å². The van der Waals surface area contributed by atoms with Gasteiger partial charge in [0.2, 0.25) is 10.0 Å². The lowest BCUT2D eigenvalue weighted by Crippen LogP contribution is -2.42. The van der Waals surface area contributed by atoms with E-state index in [9.17, 15) is 12.8 Å². The molecule has 1 aliphatic heterocycles. The van der Waals surface area contributed by atoms with E-state index >= 15 is 0 Å². The highest BCUT2D eigenvalue weighted by molar-refractivity contribution is 7.89. The third-order valence-corrected chi connectivity index (χ3v) is 8.21. The monoisotopic (exact) mass is 474 g/mol. The maximum atomic E-state index is 14.0. The second-order valence-electron chi connectivity index (χ2n) is 8.10. The van der Waals surface area contributed by atoms with Gasteiger partial charge in [0.1, 0.15) is 22.6 Å². The summed E-state index contributed by atoms with van der Waals surface area (Å²) in [6, 6.07) is 15.7. The molecule has 0 radical (unpaired) electrons. The normalized spacial score (nSPS) is 15.8. The van der Waals surface area contributed by atoms with Crippen LogP contribution in [0.1, 0.15) is 24.0 Å². The smallest absolute Gasteiger partial charge is 0.245 e. The van der Waals surface area contributed by atoms with Crippen LogP contribution < -0.4 is 4.74 Å². The molecule has 5 nitrogen and oxygen atoms in total. The number of halogens is 1. The summed E-state index contributed by atoms with van der Waals surface area (Å²) in [7, 11) is -1.74. The molecule has 32 heavy (non-hydrogen) atoms. The first-order valence-electron chi connectivity index (χ1n) is 10.6. The van der Waals surface area contributed by atoms with E-state index in [-0.39, 0.29) is 11.0 Å². The zero-order valence-corrected chi connectivity index (χ0v) is 19.6. The lowest BCUT2D eigenvalue weighted by molar-refractivity contribution is 0.135. The van der Waals surface area contributed by atoms with Crippen LogP contribution in [0.3, 0.4) is 0 Å². The number of ether oxygens (including phenoxy) is 1. The number of hydrogen-bond acceptors (Lipinski definition) is 5. The molecule has 2 heterocycles. The van der Waals surface area contributed by atoms with Gasteiger partial charge in [-0.25, -0.2) is 12.8 Å². The molecule has 170 valence electrons. The fourth-order valence-corrected chi connectivity index (χ4v) is 6.15. The van der Waals surface area contributed by atoms with Gasteiger partial charge in [-0.1, -0.05) is 24.3 Å². The molecule has 0 spiro atoms. The average molecular weight is 475 g/mol. The Kier molecular flexibility index (Phi) is 7.25. The summed E-state index contributed by atoms with van der Waals surface area (Å²) in [6.45, 7) is 2.32. The summed E-state index contributed by atoms with van der Waals surface area (Å²) in [6.07, 6.45) is 1.06. The van der Waals surface area contributed by atoms with E-state index in [2.05, 4.69) is 34.8 Å². The Labute approximate surface area is 193 Å². The van der Waals surface area contributed by atoms with Crippen LogP contribution in [0.15, 0.2) is 70.3 Å². The van der Waals surface area contributed by atoms with Crippen LogP contribution in [0.4, 0.5) is 4.39 Å². The molecular weight excluding hydrogens is 447 g/mol. The second-order valence-corrected chi connectivity index (χ2v) is 10.8. The van der Waals surface area contributed by atoms with Gasteiger partial charge < -0.3 is 4.74 Å². The fourth-order valence-electron chi connectivity index (χ4n) is 3.95. The number of nitrogens with zero attached hydrogens (tertiary/aromatic N) is 2. The predicted octanol–water partition coefficient (Wildman–Crippen LogP) is 4.75. The van der Waals surface area contributed by atoms with Crippen LogP contribution >= 0.6 is 11.3 Å². The zero-order valence-electron chi connectivity index (χ0n) is 18.0. The van der Waals surface area contributed by atoms with Gasteiger partial charge in [-0.3, -0.25) is 4.90 Å². The van der Waals surface area contributed by atoms with Crippen molar-refractivity contribution in [3.63, 3.8) is 0 Å². The van der Waals surface area contributed by atoms with Crippen molar-refractivity contribution >= 4 is 21.4 Å².